The molecule has 0 bridgehead atoms. The van der Waals surface area contributed by atoms with Crippen LogP contribution in [0.5, 0.6) is 0 Å². The molecular weight excluding hydrogens is 370 g/mol. The Hall–Kier alpha value is -2.72. The molecular formula is C26H27N3O. The molecule has 2 unspecified atom stereocenters. The van der Waals surface area contributed by atoms with E-state index >= 15 is 0 Å². The van der Waals surface area contributed by atoms with Crippen molar-refractivity contribution in [2.75, 3.05) is 32.7 Å². The maximum atomic E-state index is 13.1. The summed E-state index contributed by atoms with van der Waals surface area (Å²) >= 11 is 0. The molecule has 3 aliphatic rings. The molecule has 4 nitrogen and oxygen atoms in total. The molecule has 2 saturated heterocycles. The fourth-order valence-corrected chi connectivity index (χ4v) is 5.32. The molecule has 4 heteroatoms. The van der Waals surface area contributed by atoms with E-state index in [1.54, 1.807) is 0 Å². The lowest BCUT2D eigenvalue weighted by molar-refractivity contribution is 0.0773. The zero-order chi connectivity index (χ0) is 20.1. The molecule has 1 aromatic heterocycles. The minimum atomic E-state index is 0.189. The smallest absolute Gasteiger partial charge is 0.253 e. The number of aromatic nitrogens is 1. The van der Waals surface area contributed by atoms with Crippen LogP contribution in [-0.2, 0) is 0 Å². The Bertz CT molecular complexity index is 1070. The molecule has 152 valence electrons. The third-order valence-electron chi connectivity index (χ3n) is 7.17. The maximum absolute atomic E-state index is 13.1. The third kappa shape index (κ3) is 3.39. The van der Waals surface area contributed by atoms with Crippen LogP contribution in [-0.4, -0.2) is 53.4 Å². The van der Waals surface area contributed by atoms with E-state index in [-0.39, 0.29) is 5.91 Å². The second kappa shape index (κ2) is 7.21. The van der Waals surface area contributed by atoms with E-state index < -0.39 is 0 Å². The molecule has 3 heterocycles. The molecule has 0 radical (unpaired) electrons. The number of carbonyl (C=O) groups is 1. The highest BCUT2D eigenvalue weighted by Gasteiger charge is 2.42. The van der Waals surface area contributed by atoms with Crippen LogP contribution < -0.4 is 0 Å². The predicted molar refractivity (Wildman–Crippen MR) is 119 cm³/mol. The van der Waals surface area contributed by atoms with Crippen molar-refractivity contribution >= 4 is 16.7 Å². The minimum absolute atomic E-state index is 0.189. The Balaban J connectivity index is 1.13. The fraction of sp³-hybridized carbons (Fsp3) is 0.385. The fourth-order valence-electron chi connectivity index (χ4n) is 5.32. The highest BCUT2D eigenvalue weighted by Crippen LogP contribution is 2.36. The van der Waals surface area contributed by atoms with Crippen molar-refractivity contribution in [3.05, 3.63) is 66.5 Å². The Morgan fingerprint density at radius 2 is 1.60 bits per heavy atom. The van der Waals surface area contributed by atoms with Gasteiger partial charge in [-0.15, -0.1) is 0 Å². The van der Waals surface area contributed by atoms with E-state index in [4.69, 9.17) is 0 Å². The van der Waals surface area contributed by atoms with Gasteiger partial charge in [-0.2, -0.15) is 0 Å². The first-order valence-electron chi connectivity index (χ1n) is 11.2. The lowest BCUT2D eigenvalue weighted by Gasteiger charge is -2.21. The molecule has 2 aromatic carbocycles. The Morgan fingerprint density at radius 3 is 2.33 bits per heavy atom. The Labute approximate surface area is 177 Å². The molecule has 1 saturated carbocycles. The first-order valence-corrected chi connectivity index (χ1v) is 11.2. The lowest BCUT2D eigenvalue weighted by atomic mass is 10.0. The highest BCUT2D eigenvalue weighted by molar-refractivity contribution is 5.95. The first-order chi connectivity index (χ1) is 14.7. The van der Waals surface area contributed by atoms with E-state index in [0.717, 1.165) is 35.5 Å². The molecule has 1 amide bonds. The van der Waals surface area contributed by atoms with Crippen molar-refractivity contribution in [3.8, 4) is 11.1 Å². The molecule has 3 fully saturated rings. The number of fused-ring (bicyclic) bond motifs is 2. The standard InChI is InChI=1S/C26H27N3O/c30-26(29-16-24-14-28(13-18-1-2-18)15-25(24)17-29)20-5-3-19(4-6-20)21-7-8-23-12-27-10-9-22(23)11-21/h3-12,18,24-25H,1-2,13-17H2. The van der Waals surface area contributed by atoms with E-state index in [9.17, 15) is 4.79 Å². The SMILES string of the molecule is O=C(c1ccc(-c2ccc3cnccc3c2)cc1)N1CC2CN(CC3CC3)CC2C1. The van der Waals surface area contributed by atoms with E-state index in [1.165, 1.54) is 43.4 Å². The molecule has 0 spiro atoms. The van der Waals surface area contributed by atoms with Crippen LogP contribution in [0.1, 0.15) is 23.2 Å². The molecule has 2 atom stereocenters. The molecule has 3 aromatic rings. The number of nitrogens with zero attached hydrogens (tertiary/aromatic N) is 3. The van der Waals surface area contributed by atoms with Gasteiger partial charge < -0.3 is 9.80 Å². The van der Waals surface area contributed by atoms with Crippen LogP contribution in [0.25, 0.3) is 21.9 Å². The van der Waals surface area contributed by atoms with Crippen LogP contribution >= 0.6 is 0 Å². The number of hydrogen-bond donors (Lipinski definition) is 0. The first kappa shape index (κ1) is 18.1. The lowest BCUT2D eigenvalue weighted by Crippen LogP contribution is -2.33. The summed E-state index contributed by atoms with van der Waals surface area (Å²) in [6.45, 7) is 5.49. The summed E-state index contributed by atoms with van der Waals surface area (Å²) in [6, 6.07) is 16.6. The summed E-state index contributed by atoms with van der Waals surface area (Å²) in [4.78, 5) is 22.0. The van der Waals surface area contributed by atoms with Crippen LogP contribution in [0.4, 0.5) is 0 Å². The summed E-state index contributed by atoms with van der Waals surface area (Å²) in [5.74, 6) is 2.48. The van der Waals surface area contributed by atoms with Crippen molar-refractivity contribution in [3.63, 3.8) is 0 Å². The number of carbonyl (C=O) groups excluding carboxylic acids is 1. The number of benzene rings is 2. The van der Waals surface area contributed by atoms with Crippen LogP contribution in [0.3, 0.4) is 0 Å². The van der Waals surface area contributed by atoms with Crippen molar-refractivity contribution < 1.29 is 4.79 Å². The summed E-state index contributed by atoms with van der Waals surface area (Å²) in [5, 5.41) is 2.32. The summed E-state index contributed by atoms with van der Waals surface area (Å²) in [7, 11) is 0. The van der Waals surface area contributed by atoms with Gasteiger partial charge in [0.15, 0.2) is 0 Å². The Morgan fingerprint density at radius 1 is 0.867 bits per heavy atom. The van der Waals surface area contributed by atoms with Gasteiger partial charge in [-0.3, -0.25) is 9.78 Å². The van der Waals surface area contributed by atoms with Gasteiger partial charge in [0.1, 0.15) is 0 Å². The van der Waals surface area contributed by atoms with E-state index in [2.05, 4.69) is 45.1 Å². The van der Waals surface area contributed by atoms with Crippen molar-refractivity contribution in [1.29, 1.82) is 0 Å². The zero-order valence-electron chi connectivity index (χ0n) is 17.2. The Kier molecular flexibility index (Phi) is 4.34. The molecule has 30 heavy (non-hydrogen) atoms. The van der Waals surface area contributed by atoms with Gasteiger partial charge in [0.2, 0.25) is 0 Å². The summed E-state index contributed by atoms with van der Waals surface area (Å²) in [6.07, 6.45) is 6.55. The number of likely N-dealkylation sites (tertiary alicyclic amines) is 2. The number of hydrogen-bond acceptors (Lipinski definition) is 3. The average molecular weight is 398 g/mol. The highest BCUT2D eigenvalue weighted by atomic mass is 16.2. The largest absolute Gasteiger partial charge is 0.338 e. The van der Waals surface area contributed by atoms with Gasteiger partial charge >= 0.3 is 0 Å². The maximum Gasteiger partial charge on any atom is 0.253 e. The van der Waals surface area contributed by atoms with Gasteiger partial charge in [-0.1, -0.05) is 24.3 Å². The second-order valence-corrected chi connectivity index (χ2v) is 9.41. The summed E-state index contributed by atoms with van der Waals surface area (Å²) in [5.41, 5.74) is 3.11. The van der Waals surface area contributed by atoms with E-state index in [1.807, 2.05) is 30.6 Å². The normalized spacial score (nSPS) is 23.8. The van der Waals surface area contributed by atoms with Crippen molar-refractivity contribution in [2.24, 2.45) is 17.8 Å². The molecule has 0 N–H and O–H groups in total. The van der Waals surface area contributed by atoms with Crippen LogP contribution in [0.15, 0.2) is 60.9 Å². The molecule has 2 aliphatic heterocycles. The van der Waals surface area contributed by atoms with Gasteiger partial charge in [0.25, 0.3) is 5.91 Å². The second-order valence-electron chi connectivity index (χ2n) is 9.41. The number of rotatable bonds is 4. The van der Waals surface area contributed by atoms with Crippen LogP contribution in [0.2, 0.25) is 0 Å². The number of amides is 1. The topological polar surface area (TPSA) is 36.4 Å². The van der Waals surface area contributed by atoms with Gasteiger partial charge in [-0.05, 0) is 71.4 Å². The number of pyridine rings is 1. The minimum Gasteiger partial charge on any atom is -0.338 e. The molecule has 6 rings (SSSR count). The van der Waals surface area contributed by atoms with Crippen molar-refractivity contribution in [2.45, 2.75) is 12.8 Å². The van der Waals surface area contributed by atoms with Gasteiger partial charge in [-0.25, -0.2) is 0 Å². The third-order valence-corrected chi connectivity index (χ3v) is 7.17. The van der Waals surface area contributed by atoms with Gasteiger partial charge in [0.05, 0.1) is 0 Å². The monoisotopic (exact) mass is 397 g/mol. The predicted octanol–water partition coefficient (Wildman–Crippen LogP) is 4.32. The average Bonchev–Trinajstić information content (AvgIpc) is 3.39. The van der Waals surface area contributed by atoms with Crippen molar-refractivity contribution in [1.82, 2.24) is 14.8 Å². The van der Waals surface area contributed by atoms with Gasteiger partial charge in [0, 0.05) is 56.1 Å². The molecule has 1 aliphatic carbocycles. The van der Waals surface area contributed by atoms with E-state index in [0.29, 0.717) is 11.8 Å². The quantitative estimate of drug-likeness (QED) is 0.658. The summed E-state index contributed by atoms with van der Waals surface area (Å²) < 4.78 is 0. The zero-order valence-corrected chi connectivity index (χ0v) is 17.2. The van der Waals surface area contributed by atoms with Crippen LogP contribution in [0, 0.1) is 17.8 Å².